The number of halogens is 7. The molecule has 0 bridgehead atoms. The molecule has 1 aromatic heterocycles. The van der Waals surface area contributed by atoms with Crippen molar-refractivity contribution in [2.24, 2.45) is 0 Å². The van der Waals surface area contributed by atoms with Gasteiger partial charge in [-0.25, -0.2) is 0 Å². The van der Waals surface area contributed by atoms with Gasteiger partial charge in [-0.1, -0.05) is 35.5 Å². The van der Waals surface area contributed by atoms with Crippen LogP contribution in [0.5, 0.6) is 0 Å². The topological polar surface area (TPSA) is 30.7 Å². The first kappa shape index (κ1) is 15.3. The van der Waals surface area contributed by atoms with E-state index in [1.54, 1.807) is 6.07 Å². The Morgan fingerprint density at radius 3 is 1.95 bits per heavy atom. The minimum atomic E-state index is -6.42. The summed E-state index contributed by atoms with van der Waals surface area (Å²) in [6.45, 7) is 0. The summed E-state index contributed by atoms with van der Waals surface area (Å²) in [7, 11) is 0. The Morgan fingerprint density at radius 1 is 0.857 bits per heavy atom. The quantitative estimate of drug-likeness (QED) is 0.809. The zero-order valence-electron chi connectivity index (χ0n) is 9.95. The molecule has 0 spiro atoms. The first-order valence-corrected chi connectivity index (χ1v) is 5.38. The maximum atomic E-state index is 13.3. The maximum Gasteiger partial charge on any atom is 0.462 e. The first-order chi connectivity index (χ1) is 9.57. The fourth-order valence-corrected chi connectivity index (χ4v) is 1.46. The summed E-state index contributed by atoms with van der Waals surface area (Å²) in [4.78, 5) is 0. The zero-order valence-corrected chi connectivity index (χ0v) is 9.95. The predicted molar refractivity (Wildman–Crippen MR) is 56.7 cm³/mol. The second-order valence-corrected chi connectivity index (χ2v) is 4.03. The van der Waals surface area contributed by atoms with Crippen molar-refractivity contribution in [3.05, 3.63) is 36.5 Å². The Bertz CT molecular complexity index is 618. The van der Waals surface area contributed by atoms with E-state index in [-0.39, 0.29) is 11.3 Å². The molecule has 0 atom stereocenters. The summed E-state index contributed by atoms with van der Waals surface area (Å²) >= 11 is 0. The van der Waals surface area contributed by atoms with E-state index in [1.807, 2.05) is 0 Å². The number of rotatable bonds is 3. The van der Waals surface area contributed by atoms with E-state index >= 15 is 0 Å². The highest BCUT2D eigenvalue weighted by Gasteiger charge is 2.75. The Kier molecular flexibility index (Phi) is 3.42. The third-order valence-electron chi connectivity index (χ3n) is 2.58. The molecule has 0 amide bonds. The molecular weight excluding hydrogens is 307 g/mol. The normalized spacial score (nSPS) is 13.5. The Morgan fingerprint density at radius 2 is 1.43 bits per heavy atom. The van der Waals surface area contributed by atoms with Gasteiger partial charge in [0, 0.05) is 5.56 Å². The highest BCUT2D eigenvalue weighted by molar-refractivity contribution is 5.57. The van der Waals surface area contributed by atoms with Crippen molar-refractivity contribution < 1.29 is 30.7 Å². The molecule has 0 aliphatic heterocycles. The van der Waals surface area contributed by atoms with E-state index in [4.69, 9.17) is 0 Å². The highest BCUT2D eigenvalue weighted by Crippen LogP contribution is 2.48. The van der Waals surface area contributed by atoms with Gasteiger partial charge in [0.25, 0.3) is 0 Å². The fourth-order valence-electron chi connectivity index (χ4n) is 1.46. The lowest BCUT2D eigenvalue weighted by Crippen LogP contribution is -2.53. The molecule has 0 saturated heterocycles. The summed E-state index contributed by atoms with van der Waals surface area (Å²) in [5.41, 5.74) is -0.0110. The van der Waals surface area contributed by atoms with Crippen LogP contribution in [0.25, 0.3) is 11.3 Å². The van der Waals surface area contributed by atoms with Gasteiger partial charge in [0.05, 0.1) is 6.20 Å². The van der Waals surface area contributed by atoms with Gasteiger partial charge in [0.2, 0.25) is 0 Å². The Balaban J connectivity index is 2.41. The monoisotopic (exact) mass is 313 g/mol. The summed E-state index contributed by atoms with van der Waals surface area (Å²) in [6.07, 6.45) is -6.09. The molecular formula is C11H6F7N3. The number of aromatic nitrogens is 3. The fraction of sp³-hybridized carbons (Fsp3) is 0.273. The molecule has 0 fully saturated rings. The molecule has 1 aromatic carbocycles. The zero-order chi connectivity index (χ0) is 15.9. The van der Waals surface area contributed by atoms with Crippen LogP contribution in [0.1, 0.15) is 0 Å². The second kappa shape index (κ2) is 4.71. The maximum absolute atomic E-state index is 13.3. The largest absolute Gasteiger partial charge is 0.462 e. The van der Waals surface area contributed by atoms with Crippen LogP contribution in [-0.4, -0.2) is 27.1 Å². The minimum Gasteiger partial charge on any atom is -0.187 e. The van der Waals surface area contributed by atoms with Gasteiger partial charge in [-0.05, 0) is 0 Å². The Hall–Kier alpha value is -2.13. The smallest absolute Gasteiger partial charge is 0.187 e. The molecule has 21 heavy (non-hydrogen) atoms. The summed E-state index contributed by atoms with van der Waals surface area (Å²) in [5, 5.41) is 5.86. The highest BCUT2D eigenvalue weighted by atomic mass is 19.4. The van der Waals surface area contributed by atoms with Gasteiger partial charge in [0.1, 0.15) is 5.69 Å². The van der Waals surface area contributed by atoms with Crippen LogP contribution < -0.4 is 0 Å². The number of hydrogen-bond acceptors (Lipinski definition) is 2. The molecule has 1 heterocycles. The van der Waals surface area contributed by atoms with Gasteiger partial charge in [-0.3, -0.25) is 0 Å². The van der Waals surface area contributed by atoms with Crippen LogP contribution in [0.15, 0.2) is 36.5 Å². The molecule has 114 valence electrons. The van der Waals surface area contributed by atoms with E-state index in [0.29, 0.717) is 6.20 Å². The van der Waals surface area contributed by atoms with Crippen LogP contribution in [0, 0.1) is 0 Å². The van der Waals surface area contributed by atoms with E-state index < -0.39 is 22.8 Å². The van der Waals surface area contributed by atoms with Crippen LogP contribution >= 0.6 is 0 Å². The summed E-state index contributed by atoms with van der Waals surface area (Å²) in [6, 6.07) is 1.85. The molecule has 2 aromatic rings. The second-order valence-electron chi connectivity index (χ2n) is 4.03. The molecule has 2 rings (SSSR count). The number of nitrogens with zero attached hydrogens (tertiary/aromatic N) is 3. The molecule has 0 N–H and O–H groups in total. The van der Waals surface area contributed by atoms with Gasteiger partial charge < -0.3 is 0 Å². The van der Waals surface area contributed by atoms with Crippen molar-refractivity contribution in [2.75, 3.05) is 0 Å². The van der Waals surface area contributed by atoms with Crippen molar-refractivity contribution in [3.8, 4) is 11.3 Å². The van der Waals surface area contributed by atoms with Crippen LogP contribution in [0.4, 0.5) is 30.7 Å². The van der Waals surface area contributed by atoms with Crippen molar-refractivity contribution in [1.82, 2.24) is 15.0 Å². The lowest BCUT2D eigenvalue weighted by atomic mass is 10.2. The number of hydrogen-bond donors (Lipinski definition) is 0. The minimum absolute atomic E-state index is 0.245. The van der Waals surface area contributed by atoms with E-state index in [0.717, 1.165) is 0 Å². The lowest BCUT2D eigenvalue weighted by Gasteiger charge is -2.27. The molecule has 10 heteroatoms. The average molecular weight is 313 g/mol. The average Bonchev–Trinajstić information content (AvgIpc) is 2.88. The summed E-state index contributed by atoms with van der Waals surface area (Å²) < 4.78 is 87.8. The molecule has 0 aliphatic rings. The third kappa shape index (κ3) is 2.45. The van der Waals surface area contributed by atoms with Gasteiger partial charge in [-0.2, -0.15) is 35.4 Å². The standard InChI is InChI=1S/C11H6F7N3/c12-9(13,10(14,15)16)11(17,18)21-6-8(19-20-21)7-4-2-1-3-5-7/h1-6H. The number of alkyl halides is 7. The molecule has 3 nitrogen and oxygen atoms in total. The third-order valence-corrected chi connectivity index (χ3v) is 2.58. The van der Waals surface area contributed by atoms with E-state index in [2.05, 4.69) is 10.3 Å². The SMILES string of the molecule is FC(F)(F)C(F)(F)C(F)(F)n1cc(-c2ccccc2)nn1. The van der Waals surface area contributed by atoms with Crippen LogP contribution in [0.2, 0.25) is 0 Å². The predicted octanol–water partition coefficient (Wildman–Crippen LogP) is 3.69. The van der Waals surface area contributed by atoms with Gasteiger partial charge >= 0.3 is 18.1 Å². The van der Waals surface area contributed by atoms with Crippen molar-refractivity contribution in [1.29, 1.82) is 0 Å². The summed E-state index contributed by atoms with van der Waals surface area (Å²) in [5.74, 6) is -6.28. The number of benzene rings is 1. The van der Waals surface area contributed by atoms with Crippen LogP contribution in [0.3, 0.4) is 0 Å². The first-order valence-electron chi connectivity index (χ1n) is 5.38. The molecule has 0 aliphatic carbocycles. The molecule has 0 radical (unpaired) electrons. The lowest BCUT2D eigenvalue weighted by molar-refractivity contribution is -0.383. The van der Waals surface area contributed by atoms with E-state index in [9.17, 15) is 30.7 Å². The van der Waals surface area contributed by atoms with Crippen molar-refractivity contribution >= 4 is 0 Å². The van der Waals surface area contributed by atoms with Crippen molar-refractivity contribution in [2.45, 2.75) is 18.1 Å². The molecule has 0 saturated carbocycles. The van der Waals surface area contributed by atoms with Gasteiger partial charge in [0.15, 0.2) is 0 Å². The van der Waals surface area contributed by atoms with Gasteiger partial charge in [-0.15, -0.1) is 5.10 Å². The van der Waals surface area contributed by atoms with E-state index in [1.165, 1.54) is 24.3 Å². The Labute approximate surface area is 113 Å². The van der Waals surface area contributed by atoms with Crippen LogP contribution in [-0.2, 0) is 6.05 Å². The van der Waals surface area contributed by atoms with Crippen molar-refractivity contribution in [3.63, 3.8) is 0 Å². The molecule has 0 unspecified atom stereocenters.